The SMILES string of the molecule is C=CC(=O)OCCCOc1ccc(C(=O)Oc2ccc(OC(=O)c3ccc(OCC(C)OC(=O)C=C)cc3)c(C)c2)cc1. The first kappa shape index (κ1) is 32.1. The molecule has 3 aromatic carbocycles. The Morgan fingerprint density at radius 3 is 1.86 bits per heavy atom. The third-order valence-corrected chi connectivity index (χ3v) is 5.68. The van der Waals surface area contributed by atoms with Crippen LogP contribution in [0.4, 0.5) is 0 Å². The normalized spacial score (nSPS) is 10.9. The van der Waals surface area contributed by atoms with Gasteiger partial charge in [0.2, 0.25) is 0 Å². The van der Waals surface area contributed by atoms with Gasteiger partial charge in [-0.2, -0.15) is 0 Å². The summed E-state index contributed by atoms with van der Waals surface area (Å²) in [5.41, 5.74) is 1.21. The van der Waals surface area contributed by atoms with E-state index < -0.39 is 30.0 Å². The van der Waals surface area contributed by atoms with Gasteiger partial charge in [0.1, 0.15) is 35.7 Å². The number of carbonyl (C=O) groups excluding carboxylic acids is 4. The Balaban J connectivity index is 1.48. The summed E-state index contributed by atoms with van der Waals surface area (Å²) in [7, 11) is 0. The Labute approximate surface area is 249 Å². The second-order valence-corrected chi connectivity index (χ2v) is 9.09. The molecule has 0 aliphatic rings. The van der Waals surface area contributed by atoms with Gasteiger partial charge in [-0.15, -0.1) is 0 Å². The topological polar surface area (TPSA) is 124 Å². The minimum atomic E-state index is -0.576. The molecule has 0 spiro atoms. The summed E-state index contributed by atoms with van der Waals surface area (Å²) >= 11 is 0. The first-order chi connectivity index (χ1) is 20.7. The van der Waals surface area contributed by atoms with Crippen molar-refractivity contribution in [1.82, 2.24) is 0 Å². The molecule has 0 fully saturated rings. The van der Waals surface area contributed by atoms with Gasteiger partial charge in [0, 0.05) is 18.6 Å². The lowest BCUT2D eigenvalue weighted by Crippen LogP contribution is -2.20. The van der Waals surface area contributed by atoms with Crippen molar-refractivity contribution in [2.75, 3.05) is 19.8 Å². The predicted molar refractivity (Wildman–Crippen MR) is 156 cm³/mol. The fourth-order valence-electron chi connectivity index (χ4n) is 3.47. The van der Waals surface area contributed by atoms with Gasteiger partial charge in [-0.05, 0) is 86.1 Å². The van der Waals surface area contributed by atoms with Crippen LogP contribution in [0.2, 0.25) is 0 Å². The lowest BCUT2D eigenvalue weighted by atomic mass is 10.2. The van der Waals surface area contributed by atoms with Gasteiger partial charge >= 0.3 is 23.9 Å². The lowest BCUT2D eigenvalue weighted by molar-refractivity contribution is -0.143. The molecule has 3 aromatic rings. The van der Waals surface area contributed by atoms with Crippen molar-refractivity contribution in [3.05, 3.63) is 109 Å². The Morgan fingerprint density at radius 1 is 0.721 bits per heavy atom. The molecule has 10 nitrogen and oxygen atoms in total. The van der Waals surface area contributed by atoms with Gasteiger partial charge in [-0.3, -0.25) is 0 Å². The number of aryl methyl sites for hydroxylation is 1. The number of esters is 4. The zero-order valence-corrected chi connectivity index (χ0v) is 23.9. The molecule has 0 aliphatic heterocycles. The highest BCUT2D eigenvalue weighted by molar-refractivity contribution is 5.92. The van der Waals surface area contributed by atoms with Gasteiger partial charge in [0.05, 0.1) is 24.3 Å². The fourth-order valence-corrected chi connectivity index (χ4v) is 3.47. The number of carbonyl (C=O) groups is 4. The molecule has 0 amide bonds. The van der Waals surface area contributed by atoms with E-state index in [9.17, 15) is 19.2 Å². The largest absolute Gasteiger partial charge is 0.493 e. The second-order valence-electron chi connectivity index (χ2n) is 9.09. The van der Waals surface area contributed by atoms with E-state index in [-0.39, 0.29) is 19.0 Å². The van der Waals surface area contributed by atoms with Gasteiger partial charge in [0.15, 0.2) is 0 Å². The molecule has 224 valence electrons. The van der Waals surface area contributed by atoms with Crippen LogP contribution in [0.25, 0.3) is 0 Å². The van der Waals surface area contributed by atoms with Crippen LogP contribution in [0.1, 0.15) is 39.6 Å². The van der Waals surface area contributed by atoms with Crippen LogP contribution in [-0.4, -0.2) is 49.8 Å². The Morgan fingerprint density at radius 2 is 1.28 bits per heavy atom. The maximum Gasteiger partial charge on any atom is 0.343 e. The molecule has 0 heterocycles. The van der Waals surface area contributed by atoms with Crippen molar-refractivity contribution in [1.29, 1.82) is 0 Å². The molecule has 10 heteroatoms. The minimum Gasteiger partial charge on any atom is -0.493 e. The molecular formula is C33H32O10. The molecule has 0 aromatic heterocycles. The smallest absolute Gasteiger partial charge is 0.343 e. The predicted octanol–water partition coefficient (Wildman–Crippen LogP) is 5.43. The van der Waals surface area contributed by atoms with Crippen molar-refractivity contribution in [2.24, 2.45) is 0 Å². The van der Waals surface area contributed by atoms with Gasteiger partial charge in [-0.1, -0.05) is 13.2 Å². The number of hydrogen-bond donors (Lipinski definition) is 0. The van der Waals surface area contributed by atoms with E-state index >= 15 is 0 Å². The average Bonchev–Trinajstić information content (AvgIpc) is 3.01. The molecule has 1 atom stereocenters. The first-order valence-corrected chi connectivity index (χ1v) is 13.3. The molecule has 0 aliphatic carbocycles. The second kappa shape index (κ2) is 16.2. The Hall–Kier alpha value is -5.38. The van der Waals surface area contributed by atoms with Gasteiger partial charge in [0.25, 0.3) is 0 Å². The quantitative estimate of drug-likeness (QED) is 0.0983. The van der Waals surface area contributed by atoms with Crippen LogP contribution < -0.4 is 18.9 Å². The average molecular weight is 589 g/mol. The summed E-state index contributed by atoms with van der Waals surface area (Å²) in [6.45, 7) is 10.8. The maximum absolute atomic E-state index is 12.7. The summed E-state index contributed by atoms with van der Waals surface area (Å²) in [6, 6.07) is 17.4. The molecular weight excluding hydrogens is 556 g/mol. The van der Waals surface area contributed by atoms with Crippen molar-refractivity contribution >= 4 is 23.9 Å². The number of hydrogen-bond acceptors (Lipinski definition) is 10. The molecule has 0 saturated carbocycles. The summed E-state index contributed by atoms with van der Waals surface area (Å²) in [4.78, 5) is 47.5. The van der Waals surface area contributed by atoms with Crippen LogP contribution in [0, 0.1) is 6.92 Å². The zero-order valence-electron chi connectivity index (χ0n) is 23.9. The van der Waals surface area contributed by atoms with Crippen LogP contribution >= 0.6 is 0 Å². The van der Waals surface area contributed by atoms with Crippen molar-refractivity contribution in [2.45, 2.75) is 26.4 Å². The fraction of sp³-hybridized carbons (Fsp3) is 0.212. The molecule has 0 saturated heterocycles. The number of ether oxygens (including phenoxy) is 6. The van der Waals surface area contributed by atoms with Crippen molar-refractivity contribution in [3.8, 4) is 23.0 Å². The highest BCUT2D eigenvalue weighted by Crippen LogP contribution is 2.26. The molecule has 1 unspecified atom stereocenters. The third-order valence-electron chi connectivity index (χ3n) is 5.68. The van der Waals surface area contributed by atoms with Gasteiger partial charge in [-0.25, -0.2) is 19.2 Å². The summed E-state index contributed by atoms with van der Waals surface area (Å²) in [6.07, 6.45) is 2.21. The molecule has 3 rings (SSSR count). The van der Waals surface area contributed by atoms with Crippen LogP contribution in [0.15, 0.2) is 92.0 Å². The molecule has 43 heavy (non-hydrogen) atoms. The van der Waals surface area contributed by atoms with Crippen LogP contribution in [0.3, 0.4) is 0 Å². The zero-order chi connectivity index (χ0) is 31.2. The number of rotatable bonds is 15. The first-order valence-electron chi connectivity index (χ1n) is 13.3. The minimum absolute atomic E-state index is 0.136. The highest BCUT2D eigenvalue weighted by atomic mass is 16.6. The van der Waals surface area contributed by atoms with E-state index in [0.717, 1.165) is 12.2 Å². The summed E-state index contributed by atoms with van der Waals surface area (Å²) in [5, 5.41) is 0. The third kappa shape index (κ3) is 10.5. The monoisotopic (exact) mass is 588 g/mol. The van der Waals surface area contributed by atoms with E-state index in [1.54, 1.807) is 74.5 Å². The summed E-state index contributed by atoms with van der Waals surface area (Å²) in [5.74, 6) is -0.526. The highest BCUT2D eigenvalue weighted by Gasteiger charge is 2.14. The Kier molecular flexibility index (Phi) is 12.1. The maximum atomic E-state index is 12.7. The molecule has 0 bridgehead atoms. The van der Waals surface area contributed by atoms with E-state index in [2.05, 4.69) is 13.2 Å². The van der Waals surface area contributed by atoms with E-state index in [0.29, 0.717) is 47.0 Å². The van der Waals surface area contributed by atoms with Crippen molar-refractivity contribution in [3.63, 3.8) is 0 Å². The van der Waals surface area contributed by atoms with E-state index in [4.69, 9.17) is 28.4 Å². The Bertz CT molecular complexity index is 1440. The van der Waals surface area contributed by atoms with E-state index in [1.165, 1.54) is 6.07 Å². The standard InChI is InChI=1S/C33H32O10/c1-5-30(34)39-19-7-18-38-26-12-8-24(9-13-26)32(36)42-28-16-17-29(22(3)20-28)43-33(37)25-10-14-27(15-11-25)40-21-23(4)41-31(35)6-2/h5-6,8-17,20,23H,1-2,7,18-19,21H2,3-4H3. The van der Waals surface area contributed by atoms with Gasteiger partial charge < -0.3 is 28.4 Å². The van der Waals surface area contributed by atoms with Crippen molar-refractivity contribution < 1.29 is 47.6 Å². The molecule has 0 N–H and O–H groups in total. The molecule has 0 radical (unpaired) electrons. The number of benzene rings is 3. The van der Waals surface area contributed by atoms with Crippen LogP contribution in [0.5, 0.6) is 23.0 Å². The summed E-state index contributed by atoms with van der Waals surface area (Å²) < 4.78 is 32.1. The lowest BCUT2D eigenvalue weighted by Gasteiger charge is -2.13. The van der Waals surface area contributed by atoms with E-state index in [1.807, 2.05) is 0 Å². The van der Waals surface area contributed by atoms with Crippen LogP contribution in [-0.2, 0) is 19.1 Å².